The summed E-state index contributed by atoms with van der Waals surface area (Å²) >= 11 is 0. The molecule has 0 aromatic carbocycles. The predicted molar refractivity (Wildman–Crippen MR) is 66.9 cm³/mol. The summed E-state index contributed by atoms with van der Waals surface area (Å²) in [7, 11) is 1.65. The van der Waals surface area contributed by atoms with Crippen LogP contribution in [0.3, 0.4) is 0 Å². The van der Waals surface area contributed by atoms with Crippen molar-refractivity contribution >= 4 is 18.3 Å². The minimum Gasteiger partial charge on any atom is -0.383 e. The summed E-state index contributed by atoms with van der Waals surface area (Å²) in [5, 5.41) is 6.01. The van der Waals surface area contributed by atoms with Gasteiger partial charge in [-0.2, -0.15) is 0 Å². The number of rotatable bonds is 8. The molecule has 5 heteroatoms. The van der Waals surface area contributed by atoms with Gasteiger partial charge < -0.3 is 15.4 Å². The zero-order valence-electron chi connectivity index (χ0n) is 10.1. The molecule has 0 aromatic rings. The van der Waals surface area contributed by atoms with Crippen LogP contribution in [0.4, 0.5) is 0 Å². The summed E-state index contributed by atoms with van der Waals surface area (Å²) in [4.78, 5) is 11.4. The number of hydrogen-bond donors (Lipinski definition) is 2. The largest absolute Gasteiger partial charge is 0.383 e. The third-order valence-corrected chi connectivity index (χ3v) is 2.56. The number of methoxy groups -OCH3 is 1. The number of carbonyl (C=O) groups excluding carboxylic acids is 1. The van der Waals surface area contributed by atoms with Crippen LogP contribution in [0, 0.1) is 5.92 Å². The maximum absolute atomic E-state index is 11.4. The van der Waals surface area contributed by atoms with Crippen molar-refractivity contribution in [2.45, 2.75) is 32.2 Å². The molecule has 1 aliphatic rings. The van der Waals surface area contributed by atoms with Crippen LogP contribution in [0.5, 0.6) is 0 Å². The summed E-state index contributed by atoms with van der Waals surface area (Å²) < 4.78 is 4.87. The van der Waals surface area contributed by atoms with Crippen LogP contribution >= 0.6 is 12.4 Å². The standard InChI is InChI=1S/C11H22N2O2.ClH/c1-9(7-10-3-4-10)13-11(14)8-12-5-6-15-2;/h9-10,12H,3-8H2,1-2H3,(H,13,14);1H. The molecule has 1 aliphatic carbocycles. The quantitative estimate of drug-likeness (QED) is 0.631. The van der Waals surface area contributed by atoms with Gasteiger partial charge in [0, 0.05) is 19.7 Å². The van der Waals surface area contributed by atoms with E-state index in [-0.39, 0.29) is 18.3 Å². The maximum atomic E-state index is 11.4. The van der Waals surface area contributed by atoms with E-state index in [4.69, 9.17) is 4.74 Å². The average Bonchev–Trinajstić information content (AvgIpc) is 2.96. The van der Waals surface area contributed by atoms with Crippen molar-refractivity contribution in [3.63, 3.8) is 0 Å². The Balaban J connectivity index is 0.00000225. The van der Waals surface area contributed by atoms with Crippen LogP contribution in [0.2, 0.25) is 0 Å². The SMILES string of the molecule is COCCNCC(=O)NC(C)CC1CC1.Cl. The van der Waals surface area contributed by atoms with Crippen molar-refractivity contribution in [3.05, 3.63) is 0 Å². The lowest BCUT2D eigenvalue weighted by atomic mass is 10.1. The Bertz CT molecular complexity index is 198. The van der Waals surface area contributed by atoms with Gasteiger partial charge in [-0.05, 0) is 19.3 Å². The van der Waals surface area contributed by atoms with E-state index in [2.05, 4.69) is 17.6 Å². The summed E-state index contributed by atoms with van der Waals surface area (Å²) in [5.41, 5.74) is 0. The fourth-order valence-corrected chi connectivity index (χ4v) is 1.61. The van der Waals surface area contributed by atoms with Crippen LogP contribution in [0.25, 0.3) is 0 Å². The van der Waals surface area contributed by atoms with E-state index < -0.39 is 0 Å². The van der Waals surface area contributed by atoms with Crippen molar-refractivity contribution in [1.82, 2.24) is 10.6 Å². The number of nitrogens with one attached hydrogen (secondary N) is 2. The Morgan fingerprint density at radius 2 is 2.19 bits per heavy atom. The Morgan fingerprint density at radius 1 is 1.50 bits per heavy atom. The third-order valence-electron chi connectivity index (χ3n) is 2.56. The lowest BCUT2D eigenvalue weighted by molar-refractivity contribution is -0.120. The number of halogens is 1. The molecule has 16 heavy (non-hydrogen) atoms. The Morgan fingerprint density at radius 3 is 2.75 bits per heavy atom. The van der Waals surface area contributed by atoms with Crippen molar-refractivity contribution in [2.24, 2.45) is 5.92 Å². The van der Waals surface area contributed by atoms with Gasteiger partial charge in [-0.25, -0.2) is 0 Å². The summed E-state index contributed by atoms with van der Waals surface area (Å²) in [6.45, 7) is 3.83. The zero-order valence-corrected chi connectivity index (χ0v) is 10.9. The molecule has 0 bridgehead atoms. The molecule has 0 radical (unpaired) electrons. The first-order valence-electron chi connectivity index (χ1n) is 5.71. The molecule has 0 spiro atoms. The van der Waals surface area contributed by atoms with Gasteiger partial charge >= 0.3 is 0 Å². The molecule has 1 rings (SSSR count). The minimum absolute atomic E-state index is 0. The van der Waals surface area contributed by atoms with Crippen molar-refractivity contribution in [2.75, 3.05) is 26.8 Å². The van der Waals surface area contributed by atoms with Gasteiger partial charge in [-0.1, -0.05) is 12.8 Å². The van der Waals surface area contributed by atoms with Crippen LogP contribution in [0.1, 0.15) is 26.2 Å². The highest BCUT2D eigenvalue weighted by Crippen LogP contribution is 2.33. The van der Waals surface area contributed by atoms with Crippen molar-refractivity contribution in [3.8, 4) is 0 Å². The second-order valence-electron chi connectivity index (χ2n) is 4.32. The molecular formula is C11H23ClN2O2. The fourth-order valence-electron chi connectivity index (χ4n) is 1.61. The Kier molecular flexibility index (Phi) is 8.61. The van der Waals surface area contributed by atoms with Crippen molar-refractivity contribution in [1.29, 1.82) is 0 Å². The number of ether oxygens (including phenoxy) is 1. The highest BCUT2D eigenvalue weighted by molar-refractivity contribution is 5.85. The predicted octanol–water partition coefficient (Wildman–Crippen LogP) is 0.949. The van der Waals surface area contributed by atoms with Gasteiger partial charge in [0.25, 0.3) is 0 Å². The van der Waals surface area contributed by atoms with Crippen LogP contribution in [0.15, 0.2) is 0 Å². The zero-order chi connectivity index (χ0) is 11.1. The molecule has 0 aromatic heterocycles. The molecule has 1 saturated carbocycles. The topological polar surface area (TPSA) is 50.4 Å². The van der Waals surface area contributed by atoms with Gasteiger partial charge in [0.15, 0.2) is 0 Å². The molecule has 96 valence electrons. The van der Waals surface area contributed by atoms with Crippen LogP contribution in [-0.2, 0) is 9.53 Å². The summed E-state index contributed by atoms with van der Waals surface area (Å²) in [5.74, 6) is 0.945. The molecule has 1 atom stereocenters. The summed E-state index contributed by atoms with van der Waals surface area (Å²) in [6, 6.07) is 0.314. The first-order chi connectivity index (χ1) is 7.22. The van der Waals surface area contributed by atoms with E-state index in [9.17, 15) is 4.79 Å². The first kappa shape index (κ1) is 15.7. The van der Waals surface area contributed by atoms with E-state index in [1.807, 2.05) is 0 Å². The molecule has 2 N–H and O–H groups in total. The van der Waals surface area contributed by atoms with Gasteiger partial charge in [0.05, 0.1) is 13.2 Å². The molecule has 0 heterocycles. The molecule has 4 nitrogen and oxygen atoms in total. The Hall–Kier alpha value is -0.320. The molecule has 1 fully saturated rings. The van der Waals surface area contributed by atoms with Crippen LogP contribution in [-0.4, -0.2) is 38.8 Å². The maximum Gasteiger partial charge on any atom is 0.234 e. The van der Waals surface area contributed by atoms with E-state index in [1.54, 1.807) is 7.11 Å². The number of carbonyl (C=O) groups is 1. The van der Waals surface area contributed by atoms with Crippen LogP contribution < -0.4 is 10.6 Å². The number of amides is 1. The normalized spacial score (nSPS) is 16.4. The highest BCUT2D eigenvalue weighted by atomic mass is 35.5. The smallest absolute Gasteiger partial charge is 0.234 e. The second-order valence-corrected chi connectivity index (χ2v) is 4.32. The molecular weight excluding hydrogens is 228 g/mol. The highest BCUT2D eigenvalue weighted by Gasteiger charge is 2.23. The molecule has 0 saturated heterocycles. The van der Waals surface area contributed by atoms with Gasteiger partial charge in [-0.3, -0.25) is 4.79 Å². The monoisotopic (exact) mass is 250 g/mol. The first-order valence-corrected chi connectivity index (χ1v) is 5.71. The third kappa shape index (κ3) is 7.91. The number of hydrogen-bond acceptors (Lipinski definition) is 3. The molecule has 0 aliphatic heterocycles. The van der Waals surface area contributed by atoms with Gasteiger partial charge in [0.2, 0.25) is 5.91 Å². The van der Waals surface area contributed by atoms with Gasteiger partial charge in [0.1, 0.15) is 0 Å². The van der Waals surface area contributed by atoms with E-state index in [1.165, 1.54) is 12.8 Å². The lowest BCUT2D eigenvalue weighted by Gasteiger charge is -2.13. The van der Waals surface area contributed by atoms with E-state index in [0.717, 1.165) is 18.9 Å². The lowest BCUT2D eigenvalue weighted by Crippen LogP contribution is -2.40. The fraction of sp³-hybridized carbons (Fsp3) is 0.909. The average molecular weight is 251 g/mol. The Labute approximate surface area is 104 Å². The minimum atomic E-state index is 0. The molecule has 1 amide bonds. The van der Waals surface area contributed by atoms with Crippen molar-refractivity contribution < 1.29 is 9.53 Å². The van der Waals surface area contributed by atoms with E-state index in [0.29, 0.717) is 19.2 Å². The molecule has 1 unspecified atom stereocenters. The van der Waals surface area contributed by atoms with E-state index >= 15 is 0 Å². The second kappa shape index (κ2) is 8.79. The summed E-state index contributed by atoms with van der Waals surface area (Å²) in [6.07, 6.45) is 3.81. The van der Waals surface area contributed by atoms with Gasteiger partial charge in [-0.15, -0.1) is 12.4 Å².